The Labute approximate surface area is 92.5 Å². The van der Waals surface area contributed by atoms with Crippen LogP contribution in [0.3, 0.4) is 0 Å². The van der Waals surface area contributed by atoms with Crippen LogP contribution < -0.4 is 5.73 Å². The number of hydrogen-bond acceptors (Lipinski definition) is 2. The largest absolute Gasteiger partial charge is 0.465 e. The van der Waals surface area contributed by atoms with E-state index in [1.165, 1.54) is 17.0 Å². The number of amides is 1. The van der Waals surface area contributed by atoms with Gasteiger partial charge in [-0.15, -0.1) is 0 Å². The van der Waals surface area contributed by atoms with Crippen molar-refractivity contribution in [1.82, 2.24) is 4.90 Å². The first-order valence-electron chi connectivity index (χ1n) is 4.98. The molecular weight excluding hydrogens is 211 g/mol. The highest BCUT2D eigenvalue weighted by molar-refractivity contribution is 5.69. The molecule has 0 saturated carbocycles. The van der Waals surface area contributed by atoms with Crippen molar-refractivity contribution in [1.29, 1.82) is 0 Å². The summed E-state index contributed by atoms with van der Waals surface area (Å²) in [4.78, 5) is 12.2. The second-order valence-electron chi connectivity index (χ2n) is 4.15. The van der Waals surface area contributed by atoms with E-state index in [9.17, 15) is 9.18 Å². The first kappa shape index (κ1) is 10.9. The molecule has 2 atom stereocenters. The molecule has 2 unspecified atom stereocenters. The second-order valence-corrected chi connectivity index (χ2v) is 4.15. The van der Waals surface area contributed by atoms with Crippen LogP contribution in [0.5, 0.6) is 0 Å². The summed E-state index contributed by atoms with van der Waals surface area (Å²) < 4.78 is 12.8. The van der Waals surface area contributed by atoms with Crippen LogP contribution in [0, 0.1) is 5.82 Å². The third-order valence-corrected chi connectivity index (χ3v) is 3.32. The molecule has 1 aliphatic heterocycles. The van der Waals surface area contributed by atoms with E-state index in [1.54, 1.807) is 19.1 Å². The molecule has 0 aliphatic carbocycles. The molecule has 1 aliphatic rings. The van der Waals surface area contributed by atoms with Crippen LogP contribution in [0.4, 0.5) is 9.18 Å². The van der Waals surface area contributed by atoms with Crippen molar-refractivity contribution in [2.75, 3.05) is 6.54 Å². The minimum Gasteiger partial charge on any atom is -0.465 e. The van der Waals surface area contributed by atoms with Crippen molar-refractivity contribution in [2.24, 2.45) is 5.73 Å². The Morgan fingerprint density at radius 2 is 2.12 bits per heavy atom. The Kier molecular flexibility index (Phi) is 2.35. The summed E-state index contributed by atoms with van der Waals surface area (Å²) in [6.07, 6.45) is -1.01. The Balaban J connectivity index is 2.37. The van der Waals surface area contributed by atoms with Crippen LogP contribution in [0.1, 0.15) is 12.5 Å². The van der Waals surface area contributed by atoms with Gasteiger partial charge in [-0.05, 0) is 24.6 Å². The van der Waals surface area contributed by atoms with E-state index in [0.717, 1.165) is 5.56 Å². The van der Waals surface area contributed by atoms with Gasteiger partial charge >= 0.3 is 6.09 Å². The Morgan fingerprint density at radius 1 is 1.56 bits per heavy atom. The van der Waals surface area contributed by atoms with E-state index in [0.29, 0.717) is 6.54 Å². The van der Waals surface area contributed by atoms with Crippen LogP contribution in [-0.4, -0.2) is 28.7 Å². The summed E-state index contributed by atoms with van der Waals surface area (Å²) in [6, 6.07) is 5.51. The van der Waals surface area contributed by atoms with Gasteiger partial charge in [0, 0.05) is 12.6 Å². The number of nitrogens with two attached hydrogens (primary N) is 1. The van der Waals surface area contributed by atoms with Gasteiger partial charge < -0.3 is 10.8 Å². The lowest BCUT2D eigenvalue weighted by molar-refractivity contribution is -0.0124. The van der Waals surface area contributed by atoms with E-state index < -0.39 is 11.6 Å². The van der Waals surface area contributed by atoms with Gasteiger partial charge in [-0.2, -0.15) is 0 Å². The zero-order valence-corrected chi connectivity index (χ0v) is 8.85. The monoisotopic (exact) mass is 224 g/mol. The molecule has 1 aromatic carbocycles. The topological polar surface area (TPSA) is 66.6 Å². The number of benzene rings is 1. The van der Waals surface area contributed by atoms with E-state index in [2.05, 4.69) is 0 Å². The van der Waals surface area contributed by atoms with Crippen LogP contribution in [0.25, 0.3) is 0 Å². The van der Waals surface area contributed by atoms with Gasteiger partial charge in [0.25, 0.3) is 0 Å². The molecule has 2 rings (SSSR count). The minimum absolute atomic E-state index is 0.255. The number of halogens is 1. The van der Waals surface area contributed by atoms with E-state index in [-0.39, 0.29) is 11.9 Å². The van der Waals surface area contributed by atoms with Gasteiger partial charge in [-0.25, -0.2) is 9.18 Å². The first-order valence-corrected chi connectivity index (χ1v) is 4.98. The standard InChI is InChI=1S/C11H13FN2O2/c1-11(7-2-4-8(12)5-3-7)9(13)6-14(11)10(15)16/h2-5,9H,6,13H2,1H3,(H,15,16). The predicted molar refractivity (Wildman–Crippen MR) is 56.5 cm³/mol. The van der Waals surface area contributed by atoms with Crippen LogP contribution in [0.2, 0.25) is 0 Å². The van der Waals surface area contributed by atoms with E-state index >= 15 is 0 Å². The van der Waals surface area contributed by atoms with Gasteiger partial charge in [-0.3, -0.25) is 4.90 Å². The van der Waals surface area contributed by atoms with Gasteiger partial charge in [0.1, 0.15) is 5.82 Å². The molecule has 16 heavy (non-hydrogen) atoms. The maximum Gasteiger partial charge on any atom is 0.408 e. The second kappa shape index (κ2) is 3.45. The number of rotatable bonds is 1. The third kappa shape index (κ3) is 1.36. The molecule has 86 valence electrons. The summed E-state index contributed by atoms with van der Waals surface area (Å²) in [5, 5.41) is 9.00. The van der Waals surface area contributed by atoms with Crippen molar-refractivity contribution in [3.05, 3.63) is 35.6 Å². The van der Waals surface area contributed by atoms with Crippen LogP contribution >= 0.6 is 0 Å². The van der Waals surface area contributed by atoms with Crippen LogP contribution in [0.15, 0.2) is 24.3 Å². The van der Waals surface area contributed by atoms with E-state index in [4.69, 9.17) is 10.8 Å². The third-order valence-electron chi connectivity index (χ3n) is 3.32. The number of likely N-dealkylation sites (tertiary alicyclic amines) is 1. The van der Waals surface area contributed by atoms with Crippen molar-refractivity contribution >= 4 is 6.09 Å². The molecule has 0 bridgehead atoms. The zero-order chi connectivity index (χ0) is 11.9. The average Bonchev–Trinajstić information content (AvgIpc) is 2.25. The van der Waals surface area contributed by atoms with Crippen molar-refractivity contribution in [2.45, 2.75) is 18.5 Å². The highest BCUT2D eigenvalue weighted by atomic mass is 19.1. The fourth-order valence-electron chi connectivity index (χ4n) is 2.09. The minimum atomic E-state index is -1.01. The number of nitrogens with zero attached hydrogens (tertiary/aromatic N) is 1. The smallest absolute Gasteiger partial charge is 0.408 e. The van der Waals surface area contributed by atoms with Gasteiger partial charge in [-0.1, -0.05) is 12.1 Å². The van der Waals surface area contributed by atoms with Gasteiger partial charge in [0.15, 0.2) is 0 Å². The Bertz CT molecular complexity index is 420. The summed E-state index contributed by atoms with van der Waals surface area (Å²) in [5.41, 5.74) is 5.82. The van der Waals surface area contributed by atoms with E-state index in [1.807, 2.05) is 0 Å². The average molecular weight is 224 g/mol. The molecule has 5 heteroatoms. The fourth-order valence-corrected chi connectivity index (χ4v) is 2.09. The first-order chi connectivity index (χ1) is 7.46. The predicted octanol–water partition coefficient (Wildman–Crippen LogP) is 1.36. The summed E-state index contributed by atoms with van der Waals surface area (Å²) in [7, 11) is 0. The lowest BCUT2D eigenvalue weighted by Crippen LogP contribution is -2.71. The molecule has 1 saturated heterocycles. The highest BCUT2D eigenvalue weighted by Crippen LogP contribution is 2.39. The number of carbonyl (C=O) groups is 1. The number of hydrogen-bond donors (Lipinski definition) is 2. The van der Waals surface area contributed by atoms with Crippen LogP contribution in [-0.2, 0) is 5.54 Å². The molecular formula is C11H13FN2O2. The normalized spacial score (nSPS) is 28.7. The van der Waals surface area contributed by atoms with Crippen molar-refractivity contribution in [3.63, 3.8) is 0 Å². The quantitative estimate of drug-likeness (QED) is 0.757. The fraction of sp³-hybridized carbons (Fsp3) is 0.364. The maximum atomic E-state index is 12.8. The molecule has 0 radical (unpaired) electrons. The molecule has 3 N–H and O–H groups in total. The zero-order valence-electron chi connectivity index (χ0n) is 8.85. The molecule has 4 nitrogen and oxygen atoms in total. The SMILES string of the molecule is CC1(c2ccc(F)cc2)C(N)CN1C(=O)O. The van der Waals surface area contributed by atoms with Crippen molar-refractivity contribution in [3.8, 4) is 0 Å². The lowest BCUT2D eigenvalue weighted by Gasteiger charge is -2.54. The summed E-state index contributed by atoms with van der Waals surface area (Å²) in [5.74, 6) is -0.345. The maximum absolute atomic E-state index is 12.8. The van der Waals surface area contributed by atoms with Crippen molar-refractivity contribution < 1.29 is 14.3 Å². The molecule has 1 fully saturated rings. The molecule has 1 heterocycles. The summed E-state index contributed by atoms with van der Waals surface area (Å²) >= 11 is 0. The van der Waals surface area contributed by atoms with Gasteiger partial charge in [0.05, 0.1) is 5.54 Å². The Morgan fingerprint density at radius 3 is 2.56 bits per heavy atom. The molecule has 0 aromatic heterocycles. The Hall–Kier alpha value is -1.62. The highest BCUT2D eigenvalue weighted by Gasteiger charge is 2.51. The summed E-state index contributed by atoms with van der Waals surface area (Å²) in [6.45, 7) is 2.06. The lowest BCUT2D eigenvalue weighted by atomic mass is 9.76. The number of carboxylic acid groups (broad SMARTS) is 1. The molecule has 0 spiro atoms. The molecule has 1 amide bonds. The van der Waals surface area contributed by atoms with Gasteiger partial charge in [0.2, 0.25) is 0 Å². The molecule has 1 aromatic rings.